The average molecular weight is 259 g/mol. The number of hydrogen-bond donors (Lipinski definition) is 3. The molecule has 0 spiro atoms. The summed E-state index contributed by atoms with van der Waals surface area (Å²) in [5, 5.41) is 10.9. The third kappa shape index (κ3) is 6.03. The number of primary sulfonamides is 1. The molecule has 0 radical (unpaired) electrons. The number of aromatic nitrogens is 2. The van der Waals surface area contributed by atoms with Crippen molar-refractivity contribution in [1.82, 2.24) is 9.97 Å². The van der Waals surface area contributed by atoms with E-state index >= 15 is 0 Å². The molecule has 0 aliphatic rings. The smallest absolute Gasteiger partial charge is 0.209 e. The van der Waals surface area contributed by atoms with Crippen LogP contribution in [0.25, 0.3) is 0 Å². The number of nitrogens with two attached hydrogens (primary N) is 1. The Morgan fingerprint density at radius 2 is 1.94 bits per heavy atom. The highest BCUT2D eigenvalue weighted by atomic mass is 32.2. The minimum atomic E-state index is -3.38. The first kappa shape index (κ1) is 13.7. The first-order chi connectivity index (χ1) is 8.01. The number of hydrogen-bond acceptors (Lipinski definition) is 6. The maximum atomic E-state index is 10.7. The summed E-state index contributed by atoms with van der Waals surface area (Å²) in [7, 11) is -3.38. The van der Waals surface area contributed by atoms with Crippen molar-refractivity contribution in [1.29, 1.82) is 0 Å². The molecule has 0 saturated heterocycles. The molecule has 0 amide bonds. The summed E-state index contributed by atoms with van der Waals surface area (Å²) in [5.41, 5.74) is 0. The fourth-order valence-corrected chi connectivity index (χ4v) is 1.77. The van der Waals surface area contributed by atoms with Crippen LogP contribution in [0, 0.1) is 0 Å². The lowest BCUT2D eigenvalue weighted by Crippen LogP contribution is -2.18. The lowest BCUT2D eigenvalue weighted by molar-refractivity contribution is 0.595. The van der Waals surface area contributed by atoms with E-state index in [4.69, 9.17) is 5.14 Å². The van der Waals surface area contributed by atoms with Gasteiger partial charge in [0.05, 0.1) is 5.75 Å². The van der Waals surface area contributed by atoms with E-state index in [-0.39, 0.29) is 5.75 Å². The zero-order valence-corrected chi connectivity index (χ0v) is 10.5. The molecule has 1 heterocycles. The first-order valence-corrected chi connectivity index (χ1v) is 7.03. The standard InChI is InChI=1S/C9H17N5O2S/c1-2-11-8-6-9(14-7-13-8)12-4-3-5-17(10,15)16/h6-7H,2-5H2,1H3,(H2,10,15,16)(H2,11,12,13,14). The molecule has 1 aromatic rings. The highest BCUT2D eigenvalue weighted by Crippen LogP contribution is 2.07. The van der Waals surface area contributed by atoms with Crippen molar-refractivity contribution in [2.24, 2.45) is 5.14 Å². The summed E-state index contributed by atoms with van der Waals surface area (Å²) in [6, 6.07) is 1.76. The van der Waals surface area contributed by atoms with Gasteiger partial charge in [0.2, 0.25) is 10.0 Å². The molecule has 96 valence electrons. The molecule has 0 bridgehead atoms. The van der Waals surface area contributed by atoms with Gasteiger partial charge in [0.15, 0.2) is 0 Å². The van der Waals surface area contributed by atoms with Crippen molar-refractivity contribution in [3.05, 3.63) is 12.4 Å². The fraction of sp³-hybridized carbons (Fsp3) is 0.556. The Morgan fingerprint density at radius 3 is 2.53 bits per heavy atom. The van der Waals surface area contributed by atoms with E-state index in [0.29, 0.717) is 18.8 Å². The van der Waals surface area contributed by atoms with Crippen LogP contribution >= 0.6 is 0 Å². The lowest BCUT2D eigenvalue weighted by Gasteiger charge is -2.06. The maximum absolute atomic E-state index is 10.7. The Labute approximate surface area is 101 Å². The quantitative estimate of drug-likeness (QED) is 0.594. The second-order valence-electron chi connectivity index (χ2n) is 3.47. The van der Waals surface area contributed by atoms with Crippen LogP contribution in [-0.4, -0.2) is 37.2 Å². The van der Waals surface area contributed by atoms with Gasteiger partial charge in [0.1, 0.15) is 18.0 Å². The Hall–Kier alpha value is -1.41. The van der Waals surface area contributed by atoms with Crippen LogP contribution in [-0.2, 0) is 10.0 Å². The highest BCUT2D eigenvalue weighted by molar-refractivity contribution is 7.89. The van der Waals surface area contributed by atoms with Crippen LogP contribution in [0.4, 0.5) is 11.6 Å². The monoisotopic (exact) mass is 259 g/mol. The number of anilines is 2. The molecule has 1 rings (SSSR count). The van der Waals surface area contributed by atoms with Crippen molar-refractivity contribution >= 4 is 21.7 Å². The predicted octanol–water partition coefficient (Wildman–Crippen LogP) is -0.00110. The Balaban J connectivity index is 2.38. The normalized spacial score (nSPS) is 11.2. The van der Waals surface area contributed by atoms with Crippen molar-refractivity contribution in [2.45, 2.75) is 13.3 Å². The molecule has 17 heavy (non-hydrogen) atoms. The minimum absolute atomic E-state index is 0.0366. The van der Waals surface area contributed by atoms with Gasteiger partial charge < -0.3 is 10.6 Å². The molecule has 1 aromatic heterocycles. The maximum Gasteiger partial charge on any atom is 0.209 e. The summed E-state index contributed by atoms with van der Waals surface area (Å²) in [4.78, 5) is 8.03. The molecular formula is C9H17N5O2S. The van der Waals surface area contributed by atoms with Gasteiger partial charge >= 0.3 is 0 Å². The molecule has 0 unspecified atom stereocenters. The Morgan fingerprint density at radius 1 is 1.29 bits per heavy atom. The van der Waals surface area contributed by atoms with Crippen LogP contribution in [0.2, 0.25) is 0 Å². The van der Waals surface area contributed by atoms with Crippen molar-refractivity contribution in [2.75, 3.05) is 29.5 Å². The van der Waals surface area contributed by atoms with E-state index in [2.05, 4.69) is 20.6 Å². The van der Waals surface area contributed by atoms with E-state index in [1.165, 1.54) is 6.33 Å². The SMILES string of the molecule is CCNc1cc(NCCCS(N)(=O)=O)ncn1. The second kappa shape index (κ2) is 6.36. The predicted molar refractivity (Wildman–Crippen MR) is 67.3 cm³/mol. The van der Waals surface area contributed by atoms with Crippen LogP contribution in [0.1, 0.15) is 13.3 Å². The summed E-state index contributed by atoms with van der Waals surface area (Å²) in [6.45, 7) is 3.25. The first-order valence-electron chi connectivity index (χ1n) is 5.31. The molecule has 7 nitrogen and oxygen atoms in total. The van der Waals surface area contributed by atoms with Crippen LogP contribution < -0.4 is 15.8 Å². The van der Waals surface area contributed by atoms with Crippen molar-refractivity contribution < 1.29 is 8.42 Å². The Bertz CT molecular complexity index is 448. The zero-order chi connectivity index (χ0) is 12.7. The van der Waals surface area contributed by atoms with Crippen molar-refractivity contribution in [3.63, 3.8) is 0 Å². The summed E-state index contributed by atoms with van der Waals surface area (Å²) < 4.78 is 21.4. The van der Waals surface area contributed by atoms with Crippen molar-refractivity contribution in [3.8, 4) is 0 Å². The highest BCUT2D eigenvalue weighted by Gasteiger charge is 2.02. The molecule has 8 heteroatoms. The largest absolute Gasteiger partial charge is 0.370 e. The van der Waals surface area contributed by atoms with E-state index in [1.54, 1.807) is 6.07 Å². The van der Waals surface area contributed by atoms with Crippen LogP contribution in [0.3, 0.4) is 0 Å². The van der Waals surface area contributed by atoms with Crippen LogP contribution in [0.15, 0.2) is 12.4 Å². The van der Waals surface area contributed by atoms with Gasteiger partial charge in [0, 0.05) is 19.2 Å². The number of nitrogens with zero attached hydrogens (tertiary/aromatic N) is 2. The molecule has 0 atom stereocenters. The number of rotatable bonds is 7. The van der Waals surface area contributed by atoms with E-state index in [0.717, 1.165) is 12.4 Å². The summed E-state index contributed by atoms with van der Waals surface area (Å²) in [5.74, 6) is 1.35. The molecule has 0 aliphatic heterocycles. The third-order valence-electron chi connectivity index (χ3n) is 1.94. The summed E-state index contributed by atoms with van der Waals surface area (Å²) in [6.07, 6.45) is 1.89. The second-order valence-corrected chi connectivity index (χ2v) is 5.20. The summed E-state index contributed by atoms with van der Waals surface area (Å²) >= 11 is 0. The Kier molecular flexibility index (Phi) is 5.11. The topological polar surface area (TPSA) is 110 Å². The molecule has 4 N–H and O–H groups in total. The average Bonchev–Trinajstić information content (AvgIpc) is 2.24. The van der Waals surface area contributed by atoms with Gasteiger partial charge in [-0.25, -0.2) is 23.5 Å². The lowest BCUT2D eigenvalue weighted by atomic mass is 10.4. The van der Waals surface area contributed by atoms with E-state index < -0.39 is 10.0 Å². The van der Waals surface area contributed by atoms with Gasteiger partial charge in [-0.1, -0.05) is 0 Å². The fourth-order valence-electron chi connectivity index (χ4n) is 1.22. The number of sulfonamides is 1. The molecule has 0 aromatic carbocycles. The van der Waals surface area contributed by atoms with Gasteiger partial charge in [-0.3, -0.25) is 0 Å². The zero-order valence-electron chi connectivity index (χ0n) is 9.68. The van der Waals surface area contributed by atoms with E-state index in [1.807, 2.05) is 6.92 Å². The van der Waals surface area contributed by atoms with Gasteiger partial charge in [-0.2, -0.15) is 0 Å². The molecule has 0 saturated carbocycles. The van der Waals surface area contributed by atoms with Gasteiger partial charge in [-0.05, 0) is 13.3 Å². The van der Waals surface area contributed by atoms with E-state index in [9.17, 15) is 8.42 Å². The van der Waals surface area contributed by atoms with Crippen LogP contribution in [0.5, 0.6) is 0 Å². The minimum Gasteiger partial charge on any atom is -0.370 e. The molecular weight excluding hydrogens is 242 g/mol. The third-order valence-corrected chi connectivity index (χ3v) is 2.79. The van der Waals surface area contributed by atoms with Gasteiger partial charge in [-0.15, -0.1) is 0 Å². The van der Waals surface area contributed by atoms with Gasteiger partial charge in [0.25, 0.3) is 0 Å². The number of nitrogens with one attached hydrogen (secondary N) is 2. The molecule has 0 fully saturated rings. The molecule has 0 aliphatic carbocycles.